The van der Waals surface area contributed by atoms with Gasteiger partial charge in [-0.15, -0.1) is 0 Å². The molecule has 12 nitrogen and oxygen atoms in total. The molecular weight excluding hydrogens is 430 g/mol. The van der Waals surface area contributed by atoms with Gasteiger partial charge in [-0.3, -0.25) is 4.79 Å². The molecule has 1 rings (SSSR count). The average Bonchev–Trinajstić information content (AvgIpc) is 2.73. The molecule has 3 N–H and O–H groups in total. The fourth-order valence-electron chi connectivity index (χ4n) is 2.67. The summed E-state index contributed by atoms with van der Waals surface area (Å²) in [7, 11) is 1.14. The van der Waals surface area contributed by atoms with Crippen molar-refractivity contribution in [1.29, 1.82) is 0 Å². The van der Waals surface area contributed by atoms with E-state index in [-0.39, 0.29) is 31.1 Å². The second kappa shape index (κ2) is 13.0. The predicted octanol–water partition coefficient (Wildman–Crippen LogP) is 2.81. The van der Waals surface area contributed by atoms with Gasteiger partial charge in [-0.2, -0.15) is 0 Å². The molecular formula is C20H27NO11. The SMILES string of the molecule is CCOC(=O)Oc1ccc(C(CC(C)OC(=O)OC)[C@H](N)C(=O)O)cc1OC(=O)OCC. The normalized spacial score (nSPS) is 13.2. The molecule has 1 aromatic carbocycles. The molecule has 1 aromatic rings. The number of carbonyl (C=O) groups excluding carboxylic acids is 3. The summed E-state index contributed by atoms with van der Waals surface area (Å²) in [4.78, 5) is 46.4. The van der Waals surface area contributed by atoms with Crippen LogP contribution in [0.2, 0.25) is 0 Å². The third kappa shape index (κ3) is 8.30. The minimum Gasteiger partial charge on any atom is -0.480 e. The fraction of sp³-hybridized carbons (Fsp3) is 0.500. The quantitative estimate of drug-likeness (QED) is 0.299. The van der Waals surface area contributed by atoms with E-state index in [0.29, 0.717) is 5.56 Å². The maximum absolute atomic E-state index is 11.8. The first-order valence-corrected chi connectivity index (χ1v) is 9.68. The van der Waals surface area contributed by atoms with E-state index in [2.05, 4.69) is 4.74 Å². The van der Waals surface area contributed by atoms with Gasteiger partial charge in [0.2, 0.25) is 0 Å². The van der Waals surface area contributed by atoms with Crippen molar-refractivity contribution in [2.75, 3.05) is 20.3 Å². The molecule has 0 aliphatic heterocycles. The highest BCUT2D eigenvalue weighted by molar-refractivity contribution is 5.75. The summed E-state index contributed by atoms with van der Waals surface area (Å²) in [5.74, 6) is -2.58. The number of rotatable bonds is 10. The van der Waals surface area contributed by atoms with Crippen molar-refractivity contribution < 1.29 is 52.7 Å². The maximum atomic E-state index is 11.8. The molecule has 0 aromatic heterocycles. The van der Waals surface area contributed by atoms with Crippen LogP contribution in [0, 0.1) is 0 Å². The van der Waals surface area contributed by atoms with Crippen LogP contribution >= 0.6 is 0 Å². The molecule has 178 valence electrons. The number of carbonyl (C=O) groups is 4. The Morgan fingerprint density at radius 3 is 2.03 bits per heavy atom. The van der Waals surface area contributed by atoms with Crippen molar-refractivity contribution >= 4 is 24.4 Å². The van der Waals surface area contributed by atoms with Crippen molar-refractivity contribution in [3.05, 3.63) is 23.8 Å². The third-order valence-electron chi connectivity index (χ3n) is 4.08. The number of hydrogen-bond donors (Lipinski definition) is 2. The summed E-state index contributed by atoms with van der Waals surface area (Å²) < 4.78 is 29.0. The van der Waals surface area contributed by atoms with Gasteiger partial charge in [0.05, 0.1) is 20.3 Å². The second-order valence-electron chi connectivity index (χ2n) is 6.37. The first kappa shape index (κ1) is 26.5. The number of nitrogens with two attached hydrogens (primary N) is 1. The van der Waals surface area contributed by atoms with Crippen LogP contribution < -0.4 is 15.2 Å². The summed E-state index contributed by atoms with van der Waals surface area (Å²) in [5.41, 5.74) is 6.17. The predicted molar refractivity (Wildman–Crippen MR) is 108 cm³/mol. The second-order valence-corrected chi connectivity index (χ2v) is 6.37. The van der Waals surface area contributed by atoms with Crippen LogP contribution in [-0.2, 0) is 23.7 Å². The van der Waals surface area contributed by atoms with Crippen LogP contribution in [-0.4, -0.2) is 62.0 Å². The van der Waals surface area contributed by atoms with Gasteiger partial charge in [-0.1, -0.05) is 6.07 Å². The standard InChI is InChI=1S/C20H27NO11/c1-5-28-19(25)31-14-8-7-12(10-15(14)32-20(26)29-6-2)13(16(21)17(22)23)9-11(3)30-18(24)27-4/h7-8,10-11,13,16H,5-6,9,21H2,1-4H3,(H,22,23)/t11?,13?,16-/m0/s1. The summed E-state index contributed by atoms with van der Waals surface area (Å²) >= 11 is 0. The van der Waals surface area contributed by atoms with Gasteiger partial charge in [0.15, 0.2) is 11.5 Å². The molecule has 2 unspecified atom stereocenters. The van der Waals surface area contributed by atoms with Crippen molar-refractivity contribution in [3.8, 4) is 11.5 Å². The van der Waals surface area contributed by atoms with Gasteiger partial charge in [-0.25, -0.2) is 14.4 Å². The van der Waals surface area contributed by atoms with Crippen molar-refractivity contribution in [2.24, 2.45) is 5.73 Å². The topological polar surface area (TPSA) is 170 Å². The summed E-state index contributed by atoms with van der Waals surface area (Å²) in [5, 5.41) is 9.42. The maximum Gasteiger partial charge on any atom is 0.513 e. The number of hydrogen-bond acceptors (Lipinski definition) is 11. The Morgan fingerprint density at radius 2 is 1.53 bits per heavy atom. The summed E-state index contributed by atoms with van der Waals surface area (Å²) in [6, 6.07) is 2.61. The molecule has 32 heavy (non-hydrogen) atoms. The molecule has 0 spiro atoms. The molecule has 0 bridgehead atoms. The van der Waals surface area contributed by atoms with Crippen LogP contribution in [0.5, 0.6) is 11.5 Å². The minimum absolute atomic E-state index is 0.000503. The lowest BCUT2D eigenvalue weighted by atomic mass is 9.87. The van der Waals surface area contributed by atoms with Crippen LogP contribution in [0.1, 0.15) is 38.7 Å². The van der Waals surface area contributed by atoms with Crippen molar-refractivity contribution in [2.45, 2.75) is 45.3 Å². The van der Waals surface area contributed by atoms with Gasteiger partial charge in [0, 0.05) is 5.92 Å². The van der Waals surface area contributed by atoms with E-state index in [0.717, 1.165) is 7.11 Å². The largest absolute Gasteiger partial charge is 0.513 e. The Kier molecular flexibility index (Phi) is 10.8. The zero-order valence-corrected chi connectivity index (χ0v) is 18.2. The Morgan fingerprint density at radius 1 is 0.969 bits per heavy atom. The average molecular weight is 457 g/mol. The first-order valence-electron chi connectivity index (χ1n) is 9.68. The number of carboxylic acids is 1. The molecule has 0 radical (unpaired) electrons. The molecule has 0 saturated carbocycles. The number of carboxylic acid groups (broad SMARTS) is 1. The van der Waals surface area contributed by atoms with Gasteiger partial charge in [-0.05, 0) is 44.9 Å². The van der Waals surface area contributed by atoms with E-state index in [1.54, 1.807) is 13.8 Å². The molecule has 0 aliphatic carbocycles. The molecule has 0 aliphatic rings. The molecule has 3 atom stereocenters. The fourth-order valence-corrected chi connectivity index (χ4v) is 2.67. The van der Waals surface area contributed by atoms with E-state index in [1.807, 2.05) is 0 Å². The zero-order valence-electron chi connectivity index (χ0n) is 18.2. The Labute approximate surface area is 184 Å². The van der Waals surface area contributed by atoms with Gasteiger partial charge in [0.1, 0.15) is 12.1 Å². The molecule has 0 fully saturated rings. The Bertz CT molecular complexity index is 811. The van der Waals surface area contributed by atoms with Crippen LogP contribution in [0.15, 0.2) is 18.2 Å². The lowest BCUT2D eigenvalue weighted by Gasteiger charge is -2.25. The van der Waals surface area contributed by atoms with Crippen molar-refractivity contribution in [3.63, 3.8) is 0 Å². The summed E-state index contributed by atoms with van der Waals surface area (Å²) in [6.45, 7) is 4.76. The monoisotopic (exact) mass is 457 g/mol. The number of methoxy groups -OCH3 is 1. The summed E-state index contributed by atoms with van der Waals surface area (Å²) in [6.07, 6.45) is -3.81. The molecule has 12 heteroatoms. The number of ether oxygens (including phenoxy) is 6. The lowest BCUT2D eigenvalue weighted by Crippen LogP contribution is -2.38. The lowest BCUT2D eigenvalue weighted by molar-refractivity contribution is -0.139. The highest BCUT2D eigenvalue weighted by Crippen LogP contribution is 2.35. The highest BCUT2D eigenvalue weighted by atomic mass is 16.7. The zero-order chi connectivity index (χ0) is 24.3. The first-order chi connectivity index (χ1) is 15.1. The van der Waals surface area contributed by atoms with E-state index < -0.39 is 42.5 Å². The highest BCUT2D eigenvalue weighted by Gasteiger charge is 2.30. The van der Waals surface area contributed by atoms with Crippen LogP contribution in [0.3, 0.4) is 0 Å². The van der Waals surface area contributed by atoms with Crippen molar-refractivity contribution in [1.82, 2.24) is 0 Å². The molecule has 0 saturated heterocycles. The molecule has 0 heterocycles. The smallest absolute Gasteiger partial charge is 0.480 e. The van der Waals surface area contributed by atoms with E-state index in [1.165, 1.54) is 25.1 Å². The molecule has 0 amide bonds. The van der Waals surface area contributed by atoms with Crippen LogP contribution in [0.25, 0.3) is 0 Å². The van der Waals surface area contributed by atoms with Crippen LogP contribution in [0.4, 0.5) is 14.4 Å². The Balaban J connectivity index is 3.31. The van der Waals surface area contributed by atoms with E-state index >= 15 is 0 Å². The van der Waals surface area contributed by atoms with Gasteiger partial charge < -0.3 is 39.3 Å². The Hall–Kier alpha value is -3.54. The van der Waals surface area contributed by atoms with E-state index in [9.17, 15) is 24.3 Å². The van der Waals surface area contributed by atoms with E-state index in [4.69, 9.17) is 29.4 Å². The number of aliphatic carboxylic acids is 1. The number of benzene rings is 1. The third-order valence-corrected chi connectivity index (χ3v) is 4.08. The minimum atomic E-state index is -1.40. The van der Waals surface area contributed by atoms with Gasteiger partial charge in [0.25, 0.3) is 0 Å². The van der Waals surface area contributed by atoms with Gasteiger partial charge >= 0.3 is 24.4 Å².